The number of hydrogen-bond donors (Lipinski definition) is 1. The Morgan fingerprint density at radius 1 is 1.22 bits per heavy atom. The molecule has 1 amide bonds. The van der Waals surface area contributed by atoms with E-state index in [0.29, 0.717) is 11.6 Å². The maximum atomic E-state index is 12.1. The van der Waals surface area contributed by atoms with E-state index in [0.717, 1.165) is 23.6 Å². The molecule has 0 bridgehead atoms. The van der Waals surface area contributed by atoms with Crippen LogP contribution in [0.5, 0.6) is 0 Å². The van der Waals surface area contributed by atoms with Gasteiger partial charge in [0.05, 0.1) is 0 Å². The zero-order valence-corrected chi connectivity index (χ0v) is 14.1. The molecule has 1 saturated carbocycles. The van der Waals surface area contributed by atoms with Crippen LogP contribution in [-0.2, 0) is 11.2 Å². The molecule has 1 aliphatic carbocycles. The Morgan fingerprint density at radius 3 is 2.78 bits per heavy atom. The summed E-state index contributed by atoms with van der Waals surface area (Å²) in [4.78, 5) is 21.6. The van der Waals surface area contributed by atoms with Gasteiger partial charge in [0.15, 0.2) is 5.13 Å². The first kappa shape index (κ1) is 16.1. The molecule has 0 radical (unpaired) electrons. The smallest absolute Gasteiger partial charge is 0.226 e. The highest BCUT2D eigenvalue weighted by atomic mass is 32.1. The Balaban J connectivity index is 1.45. The van der Waals surface area contributed by atoms with Crippen molar-refractivity contribution in [1.29, 1.82) is 0 Å². The summed E-state index contributed by atoms with van der Waals surface area (Å²) in [6.07, 6.45) is 14.5. The number of hydrogen-bond acceptors (Lipinski definition) is 4. The van der Waals surface area contributed by atoms with Gasteiger partial charge < -0.3 is 5.32 Å². The molecule has 23 heavy (non-hydrogen) atoms. The van der Waals surface area contributed by atoms with E-state index >= 15 is 0 Å². The van der Waals surface area contributed by atoms with Crippen molar-refractivity contribution in [2.45, 2.75) is 51.4 Å². The summed E-state index contributed by atoms with van der Waals surface area (Å²) in [6.45, 7) is 0. The fourth-order valence-corrected chi connectivity index (χ4v) is 4.00. The Morgan fingerprint density at radius 2 is 2.00 bits per heavy atom. The van der Waals surface area contributed by atoms with E-state index < -0.39 is 0 Å². The van der Waals surface area contributed by atoms with Crippen LogP contribution in [0.4, 0.5) is 5.13 Å². The molecule has 3 rings (SSSR count). The average Bonchev–Trinajstić information content (AvgIpc) is 3.02. The molecule has 2 aromatic heterocycles. The fraction of sp³-hybridized carbons (Fsp3) is 0.500. The number of anilines is 1. The van der Waals surface area contributed by atoms with Crippen LogP contribution in [0, 0.1) is 5.92 Å². The Bertz CT molecular complexity index is 620. The lowest BCUT2D eigenvalue weighted by atomic mass is 9.86. The summed E-state index contributed by atoms with van der Waals surface area (Å²) in [5.74, 6) is 0.841. The number of pyridine rings is 1. The van der Waals surface area contributed by atoms with E-state index in [4.69, 9.17) is 0 Å². The van der Waals surface area contributed by atoms with E-state index in [2.05, 4.69) is 15.3 Å². The molecular formula is C18H23N3OS. The number of amides is 1. The van der Waals surface area contributed by atoms with Gasteiger partial charge in [-0.05, 0) is 30.0 Å². The van der Waals surface area contributed by atoms with Crippen LogP contribution < -0.4 is 5.32 Å². The predicted octanol–water partition coefficient (Wildman–Crippen LogP) is 4.43. The number of nitrogens with one attached hydrogen (secondary N) is 1. The van der Waals surface area contributed by atoms with E-state index in [1.54, 1.807) is 23.7 Å². The third kappa shape index (κ3) is 5.13. The summed E-state index contributed by atoms with van der Waals surface area (Å²) in [5.41, 5.74) is 1.21. The van der Waals surface area contributed by atoms with Crippen LogP contribution in [0.15, 0.2) is 30.7 Å². The molecule has 4 nitrogen and oxygen atoms in total. The van der Waals surface area contributed by atoms with Gasteiger partial charge in [-0.3, -0.25) is 9.78 Å². The van der Waals surface area contributed by atoms with Crippen molar-refractivity contribution in [3.8, 4) is 0 Å². The minimum atomic E-state index is 0.0976. The van der Waals surface area contributed by atoms with Crippen LogP contribution in [0.3, 0.4) is 0 Å². The molecule has 0 unspecified atom stereocenters. The van der Waals surface area contributed by atoms with Crippen molar-refractivity contribution in [2.75, 3.05) is 5.32 Å². The minimum absolute atomic E-state index is 0.0976. The molecule has 0 spiro atoms. The summed E-state index contributed by atoms with van der Waals surface area (Å²) >= 11 is 1.55. The number of carbonyl (C=O) groups excluding carboxylic acids is 1. The molecular weight excluding hydrogens is 306 g/mol. The summed E-state index contributed by atoms with van der Waals surface area (Å²) in [7, 11) is 0. The van der Waals surface area contributed by atoms with E-state index in [-0.39, 0.29) is 5.91 Å². The Kier molecular flexibility index (Phi) is 5.75. The fourth-order valence-electron chi connectivity index (χ4n) is 3.14. The van der Waals surface area contributed by atoms with Crippen molar-refractivity contribution >= 4 is 22.4 Å². The highest BCUT2D eigenvalue weighted by Crippen LogP contribution is 2.27. The van der Waals surface area contributed by atoms with Crippen molar-refractivity contribution in [3.05, 3.63) is 41.2 Å². The average molecular weight is 329 g/mol. The predicted molar refractivity (Wildman–Crippen MR) is 93.6 cm³/mol. The van der Waals surface area contributed by atoms with Gasteiger partial charge in [-0.15, -0.1) is 11.3 Å². The first-order valence-corrected chi connectivity index (χ1v) is 9.25. The number of carbonyl (C=O) groups is 1. The zero-order valence-electron chi connectivity index (χ0n) is 13.3. The summed E-state index contributed by atoms with van der Waals surface area (Å²) in [6, 6.07) is 4.00. The topological polar surface area (TPSA) is 54.9 Å². The van der Waals surface area contributed by atoms with Crippen molar-refractivity contribution in [1.82, 2.24) is 9.97 Å². The van der Waals surface area contributed by atoms with Gasteiger partial charge in [-0.2, -0.15) is 0 Å². The van der Waals surface area contributed by atoms with E-state index in [1.165, 1.54) is 37.7 Å². The first-order chi connectivity index (χ1) is 11.3. The highest BCUT2D eigenvalue weighted by molar-refractivity contribution is 7.15. The molecule has 0 atom stereocenters. The normalized spacial score (nSPS) is 15.5. The van der Waals surface area contributed by atoms with Crippen LogP contribution in [-0.4, -0.2) is 15.9 Å². The molecule has 1 N–H and O–H groups in total. The van der Waals surface area contributed by atoms with Gasteiger partial charge in [0, 0.05) is 36.3 Å². The molecule has 0 saturated heterocycles. The molecule has 122 valence electrons. The summed E-state index contributed by atoms with van der Waals surface area (Å²) < 4.78 is 0. The maximum absolute atomic E-state index is 12.1. The quantitative estimate of drug-likeness (QED) is 0.853. The van der Waals surface area contributed by atoms with Gasteiger partial charge in [-0.25, -0.2) is 4.98 Å². The second kappa shape index (κ2) is 8.20. The zero-order chi connectivity index (χ0) is 15.9. The van der Waals surface area contributed by atoms with Gasteiger partial charge in [0.25, 0.3) is 0 Å². The second-order valence-electron chi connectivity index (χ2n) is 6.25. The van der Waals surface area contributed by atoms with E-state index in [9.17, 15) is 4.79 Å². The number of thiazole rings is 1. The molecule has 1 fully saturated rings. The minimum Gasteiger partial charge on any atom is -0.302 e. The molecule has 1 aliphatic rings. The SMILES string of the molecule is O=C(CCC1CCCCC1)Nc1ncc(Cc2ccncc2)s1. The largest absolute Gasteiger partial charge is 0.302 e. The Hall–Kier alpha value is -1.75. The van der Waals surface area contributed by atoms with Gasteiger partial charge >= 0.3 is 0 Å². The highest BCUT2D eigenvalue weighted by Gasteiger charge is 2.15. The standard InChI is InChI=1S/C18H23N3OS/c22-17(7-6-14-4-2-1-3-5-14)21-18-20-13-16(23-18)12-15-8-10-19-11-9-15/h8-11,13-14H,1-7,12H2,(H,20,21,22). The van der Waals surface area contributed by atoms with Crippen molar-refractivity contribution in [2.24, 2.45) is 5.92 Å². The molecule has 0 aromatic carbocycles. The van der Waals surface area contributed by atoms with E-state index in [1.807, 2.05) is 18.3 Å². The number of nitrogens with zero attached hydrogens (tertiary/aromatic N) is 2. The number of aromatic nitrogens is 2. The second-order valence-corrected chi connectivity index (χ2v) is 7.37. The van der Waals surface area contributed by atoms with Crippen LogP contribution in [0.25, 0.3) is 0 Å². The lowest BCUT2D eigenvalue weighted by molar-refractivity contribution is -0.116. The van der Waals surface area contributed by atoms with Crippen LogP contribution >= 0.6 is 11.3 Å². The third-order valence-electron chi connectivity index (χ3n) is 4.43. The first-order valence-electron chi connectivity index (χ1n) is 8.43. The van der Waals surface area contributed by atoms with Gasteiger partial charge in [-0.1, -0.05) is 32.1 Å². The number of rotatable bonds is 6. The van der Waals surface area contributed by atoms with Crippen LogP contribution in [0.1, 0.15) is 55.4 Å². The monoisotopic (exact) mass is 329 g/mol. The van der Waals surface area contributed by atoms with Gasteiger partial charge in [0.2, 0.25) is 5.91 Å². The molecule has 2 aromatic rings. The lowest BCUT2D eigenvalue weighted by Crippen LogP contribution is -2.14. The van der Waals surface area contributed by atoms with Crippen molar-refractivity contribution in [3.63, 3.8) is 0 Å². The summed E-state index contributed by atoms with van der Waals surface area (Å²) in [5, 5.41) is 3.65. The molecule has 0 aliphatic heterocycles. The van der Waals surface area contributed by atoms with Crippen molar-refractivity contribution < 1.29 is 4.79 Å². The maximum Gasteiger partial charge on any atom is 0.226 e. The Labute approximate surface area is 141 Å². The third-order valence-corrected chi connectivity index (χ3v) is 5.34. The molecule has 5 heteroatoms. The lowest BCUT2D eigenvalue weighted by Gasteiger charge is -2.20. The van der Waals surface area contributed by atoms with Crippen LogP contribution in [0.2, 0.25) is 0 Å². The molecule has 2 heterocycles. The van der Waals surface area contributed by atoms with Gasteiger partial charge in [0.1, 0.15) is 0 Å².